The molecule has 1 aromatic rings. The molecule has 96 valence electrons. The number of hydrogen-bond donors (Lipinski definition) is 1. The number of carbonyl (C=O) groups excluding carboxylic acids is 1. The van der Waals surface area contributed by atoms with Gasteiger partial charge < -0.3 is 14.8 Å². The average molecular weight is 247 g/mol. The first-order valence-electron chi connectivity index (χ1n) is 6.29. The van der Waals surface area contributed by atoms with E-state index in [1.165, 1.54) is 18.1 Å². The van der Waals surface area contributed by atoms with E-state index in [2.05, 4.69) is 30.4 Å². The van der Waals surface area contributed by atoms with Gasteiger partial charge in [0.1, 0.15) is 6.10 Å². The Morgan fingerprint density at radius 3 is 3.11 bits per heavy atom. The number of aryl methyl sites for hydroxylation is 1. The molecule has 1 saturated heterocycles. The fraction of sp³-hybridized carbons (Fsp3) is 0.500. The van der Waals surface area contributed by atoms with Gasteiger partial charge in [0, 0.05) is 24.6 Å². The fourth-order valence-corrected chi connectivity index (χ4v) is 2.76. The first-order chi connectivity index (χ1) is 8.63. The van der Waals surface area contributed by atoms with Gasteiger partial charge in [-0.2, -0.15) is 0 Å². The van der Waals surface area contributed by atoms with Crippen LogP contribution < -0.4 is 5.32 Å². The van der Waals surface area contributed by atoms with Crippen molar-refractivity contribution < 1.29 is 14.3 Å². The molecule has 4 heteroatoms. The third-order valence-electron chi connectivity index (χ3n) is 3.59. The molecule has 0 amide bonds. The summed E-state index contributed by atoms with van der Waals surface area (Å²) in [5, 5.41) is 3.45. The lowest BCUT2D eigenvalue weighted by Gasteiger charge is -2.41. The summed E-state index contributed by atoms with van der Waals surface area (Å²) >= 11 is 0. The van der Waals surface area contributed by atoms with E-state index >= 15 is 0 Å². The van der Waals surface area contributed by atoms with Crippen molar-refractivity contribution in [3.8, 4) is 0 Å². The van der Waals surface area contributed by atoms with E-state index in [0.717, 1.165) is 12.1 Å². The number of rotatable bonds is 1. The minimum atomic E-state index is -0.251. The van der Waals surface area contributed by atoms with Crippen LogP contribution in [0.3, 0.4) is 0 Å². The predicted octanol–water partition coefficient (Wildman–Crippen LogP) is 2.18. The predicted molar refractivity (Wildman–Crippen MR) is 67.5 cm³/mol. The molecule has 0 radical (unpaired) electrons. The molecule has 0 unspecified atom stereocenters. The van der Waals surface area contributed by atoms with Gasteiger partial charge in [-0.05, 0) is 13.0 Å². The largest absolute Gasteiger partial charge is 0.458 e. The molecule has 2 aliphatic rings. The minimum absolute atomic E-state index is 0.123. The molecular weight excluding hydrogens is 230 g/mol. The number of carbonyl (C=O) groups is 1. The maximum absolute atomic E-state index is 11.1. The van der Waals surface area contributed by atoms with Gasteiger partial charge >= 0.3 is 5.97 Å². The standard InChI is InChI=1S/C14H17NO3/c1-8-3-4-11-10(5-8)13-6-12(15-11)14(7-17-13)18-9(2)16/h3-5,12-15H,6-7H2,1-2H3/t12-,13-,14+/m1/s1. The Bertz CT molecular complexity index is 486. The SMILES string of the molecule is CC(=O)O[C@H]1CO[C@@H]2C[C@H]1Nc1ccc(C)cc12. The van der Waals surface area contributed by atoms with E-state index in [-0.39, 0.29) is 24.2 Å². The smallest absolute Gasteiger partial charge is 0.303 e. The Labute approximate surface area is 106 Å². The van der Waals surface area contributed by atoms with Crippen LogP contribution in [0.2, 0.25) is 0 Å². The van der Waals surface area contributed by atoms with Crippen molar-refractivity contribution in [3.05, 3.63) is 29.3 Å². The van der Waals surface area contributed by atoms with Crippen molar-refractivity contribution in [2.45, 2.75) is 38.5 Å². The third-order valence-corrected chi connectivity index (χ3v) is 3.59. The van der Waals surface area contributed by atoms with Crippen LogP contribution in [0, 0.1) is 6.92 Å². The van der Waals surface area contributed by atoms with Gasteiger partial charge in [-0.1, -0.05) is 17.7 Å². The zero-order chi connectivity index (χ0) is 12.7. The van der Waals surface area contributed by atoms with Crippen LogP contribution in [0.5, 0.6) is 0 Å². The molecule has 1 fully saturated rings. The second-order valence-electron chi connectivity index (χ2n) is 5.05. The molecule has 2 heterocycles. The van der Waals surface area contributed by atoms with Crippen LogP contribution in [0.1, 0.15) is 30.6 Å². The molecule has 3 atom stereocenters. The fourth-order valence-electron chi connectivity index (χ4n) is 2.76. The molecule has 0 saturated carbocycles. The van der Waals surface area contributed by atoms with Gasteiger partial charge in [0.25, 0.3) is 0 Å². The number of anilines is 1. The first kappa shape index (κ1) is 11.5. The number of fused-ring (bicyclic) bond motifs is 4. The van der Waals surface area contributed by atoms with Gasteiger partial charge in [-0.15, -0.1) is 0 Å². The van der Waals surface area contributed by atoms with E-state index in [0.29, 0.717) is 6.61 Å². The number of ether oxygens (including phenoxy) is 2. The maximum atomic E-state index is 11.1. The molecule has 0 aromatic heterocycles. The maximum Gasteiger partial charge on any atom is 0.303 e. The summed E-state index contributed by atoms with van der Waals surface area (Å²) in [6, 6.07) is 6.47. The summed E-state index contributed by atoms with van der Waals surface area (Å²) in [4.78, 5) is 11.1. The van der Waals surface area contributed by atoms with Crippen molar-refractivity contribution in [3.63, 3.8) is 0 Å². The van der Waals surface area contributed by atoms with Crippen molar-refractivity contribution >= 4 is 11.7 Å². The molecule has 18 heavy (non-hydrogen) atoms. The highest BCUT2D eigenvalue weighted by Crippen LogP contribution is 2.40. The summed E-state index contributed by atoms with van der Waals surface area (Å²) in [5.41, 5.74) is 3.55. The Kier molecular flexibility index (Phi) is 2.74. The van der Waals surface area contributed by atoms with Crippen LogP contribution in [0.25, 0.3) is 0 Å². The van der Waals surface area contributed by atoms with Crippen LogP contribution in [0.15, 0.2) is 18.2 Å². The zero-order valence-corrected chi connectivity index (χ0v) is 10.6. The van der Waals surface area contributed by atoms with E-state index in [1.807, 2.05) is 0 Å². The number of hydrogen-bond acceptors (Lipinski definition) is 4. The normalized spacial score (nSPS) is 29.1. The Morgan fingerprint density at radius 2 is 2.33 bits per heavy atom. The number of nitrogens with one attached hydrogen (secondary N) is 1. The number of benzene rings is 1. The average Bonchev–Trinajstić information content (AvgIpc) is 2.33. The summed E-state index contributed by atoms with van der Waals surface area (Å²) in [6.07, 6.45) is 0.792. The molecule has 1 N–H and O–H groups in total. The van der Waals surface area contributed by atoms with Crippen molar-refractivity contribution in [1.29, 1.82) is 0 Å². The van der Waals surface area contributed by atoms with E-state index < -0.39 is 0 Å². The van der Waals surface area contributed by atoms with Gasteiger partial charge in [-0.25, -0.2) is 0 Å². The molecule has 1 aromatic carbocycles. The second-order valence-corrected chi connectivity index (χ2v) is 5.05. The summed E-state index contributed by atoms with van der Waals surface area (Å²) in [6.45, 7) is 3.98. The van der Waals surface area contributed by atoms with Crippen LogP contribution in [0.4, 0.5) is 5.69 Å². The minimum Gasteiger partial charge on any atom is -0.458 e. The van der Waals surface area contributed by atoms with Gasteiger partial charge in [0.15, 0.2) is 0 Å². The highest BCUT2D eigenvalue weighted by Gasteiger charge is 2.38. The molecule has 2 aliphatic heterocycles. The summed E-state index contributed by atoms with van der Waals surface area (Å²) < 4.78 is 11.1. The lowest BCUT2D eigenvalue weighted by molar-refractivity contribution is -0.158. The Morgan fingerprint density at radius 1 is 1.50 bits per heavy atom. The Hall–Kier alpha value is -1.55. The van der Waals surface area contributed by atoms with Crippen molar-refractivity contribution in [1.82, 2.24) is 0 Å². The van der Waals surface area contributed by atoms with Gasteiger partial charge in [0.05, 0.1) is 18.8 Å². The van der Waals surface area contributed by atoms with Crippen LogP contribution in [-0.2, 0) is 14.3 Å². The lowest BCUT2D eigenvalue weighted by atomic mass is 9.89. The third kappa shape index (κ3) is 1.97. The van der Waals surface area contributed by atoms with E-state index in [1.54, 1.807) is 0 Å². The van der Waals surface area contributed by atoms with Gasteiger partial charge in [0.2, 0.25) is 0 Å². The first-order valence-corrected chi connectivity index (χ1v) is 6.29. The molecular formula is C14H17NO3. The topological polar surface area (TPSA) is 47.6 Å². The molecule has 0 spiro atoms. The van der Waals surface area contributed by atoms with Crippen molar-refractivity contribution in [2.24, 2.45) is 0 Å². The van der Waals surface area contributed by atoms with Crippen LogP contribution in [-0.4, -0.2) is 24.7 Å². The lowest BCUT2D eigenvalue weighted by Crippen LogP contribution is -2.48. The van der Waals surface area contributed by atoms with E-state index in [4.69, 9.17) is 9.47 Å². The number of esters is 1. The summed E-state index contributed by atoms with van der Waals surface area (Å²) in [7, 11) is 0. The molecule has 2 bridgehead atoms. The van der Waals surface area contributed by atoms with Gasteiger partial charge in [-0.3, -0.25) is 4.79 Å². The Balaban J connectivity index is 1.86. The zero-order valence-electron chi connectivity index (χ0n) is 10.6. The quantitative estimate of drug-likeness (QED) is 0.773. The molecule has 3 rings (SSSR count). The monoisotopic (exact) mass is 247 g/mol. The van der Waals surface area contributed by atoms with E-state index in [9.17, 15) is 4.79 Å². The molecule has 0 aliphatic carbocycles. The molecule has 4 nitrogen and oxygen atoms in total. The second kappa shape index (κ2) is 4.28. The van der Waals surface area contributed by atoms with Crippen LogP contribution >= 0.6 is 0 Å². The highest BCUT2D eigenvalue weighted by molar-refractivity contribution is 5.66. The van der Waals surface area contributed by atoms with Crippen molar-refractivity contribution in [2.75, 3.05) is 11.9 Å². The summed E-state index contributed by atoms with van der Waals surface area (Å²) in [5.74, 6) is -0.251. The highest BCUT2D eigenvalue weighted by atomic mass is 16.6.